The highest BCUT2D eigenvalue weighted by molar-refractivity contribution is 7.80. The third kappa shape index (κ3) is 11.0. The first-order valence-electron chi connectivity index (χ1n) is 10.7. The second kappa shape index (κ2) is 15.2. The number of carbonyl (C=O) groups excluding carboxylic acids is 3. The van der Waals surface area contributed by atoms with Crippen molar-refractivity contribution in [3.05, 3.63) is 18.2 Å². The molecule has 3 amide bonds. The van der Waals surface area contributed by atoms with Crippen LogP contribution in [0.5, 0.6) is 0 Å². The summed E-state index contributed by atoms with van der Waals surface area (Å²) in [5.41, 5.74) is 17.1. The maximum absolute atomic E-state index is 13.0. The summed E-state index contributed by atoms with van der Waals surface area (Å²) in [6.45, 7) is 0.128. The van der Waals surface area contributed by atoms with Crippen LogP contribution in [0.1, 0.15) is 25.0 Å². The second-order valence-electron chi connectivity index (χ2n) is 7.64. The van der Waals surface area contributed by atoms with Gasteiger partial charge in [-0.3, -0.25) is 24.2 Å². The van der Waals surface area contributed by atoms with Crippen molar-refractivity contribution in [2.75, 3.05) is 12.3 Å². The van der Waals surface area contributed by atoms with E-state index in [4.69, 9.17) is 27.4 Å². The van der Waals surface area contributed by atoms with E-state index in [1.165, 1.54) is 12.5 Å². The molecule has 0 spiro atoms. The molecule has 0 saturated heterocycles. The number of aromatic amines is 1. The van der Waals surface area contributed by atoms with Crippen molar-refractivity contribution < 1.29 is 34.2 Å². The zero-order valence-corrected chi connectivity index (χ0v) is 20.1. The number of aliphatic imine (C=N–C) groups is 1. The minimum atomic E-state index is -1.63. The number of imidazole rings is 1. The summed E-state index contributed by atoms with van der Waals surface area (Å²) in [6, 6.07) is -5.33. The zero-order valence-electron chi connectivity index (χ0n) is 19.2. The molecule has 36 heavy (non-hydrogen) atoms. The number of guanidine groups is 1. The fourth-order valence-electron chi connectivity index (χ4n) is 2.89. The predicted octanol–water partition coefficient (Wildman–Crippen LogP) is -3.72. The molecule has 1 heterocycles. The van der Waals surface area contributed by atoms with Gasteiger partial charge in [-0.1, -0.05) is 0 Å². The van der Waals surface area contributed by atoms with Gasteiger partial charge in [0.2, 0.25) is 17.7 Å². The maximum Gasteiger partial charge on any atom is 0.327 e. The zero-order chi connectivity index (χ0) is 27.3. The fourth-order valence-corrected chi connectivity index (χ4v) is 3.14. The van der Waals surface area contributed by atoms with Gasteiger partial charge in [-0.25, -0.2) is 9.78 Å². The van der Waals surface area contributed by atoms with E-state index in [9.17, 15) is 24.0 Å². The van der Waals surface area contributed by atoms with Gasteiger partial charge in [-0.05, 0) is 12.8 Å². The van der Waals surface area contributed by atoms with Gasteiger partial charge in [0.05, 0.1) is 18.8 Å². The van der Waals surface area contributed by atoms with Crippen molar-refractivity contribution in [1.29, 1.82) is 0 Å². The maximum atomic E-state index is 13.0. The molecule has 0 radical (unpaired) electrons. The minimum absolute atomic E-state index is 0.0148. The lowest BCUT2D eigenvalue weighted by Crippen LogP contribution is -2.57. The molecule has 0 aliphatic carbocycles. The number of nitrogens with two attached hydrogens (primary N) is 3. The Hall–Kier alpha value is -3.86. The largest absolute Gasteiger partial charge is 0.481 e. The van der Waals surface area contributed by atoms with Gasteiger partial charge in [-0.15, -0.1) is 0 Å². The topological polar surface area (TPSA) is 281 Å². The number of carboxylic acid groups (broad SMARTS) is 2. The lowest BCUT2D eigenvalue weighted by atomic mass is 10.1. The molecule has 0 fully saturated rings. The average Bonchev–Trinajstić information content (AvgIpc) is 3.30. The number of nitrogens with zero attached hydrogens (tertiary/aromatic N) is 2. The molecule has 4 atom stereocenters. The van der Waals surface area contributed by atoms with E-state index >= 15 is 0 Å². The normalized spacial score (nSPS) is 13.9. The molecule has 0 aliphatic heterocycles. The molecule has 1 aromatic rings. The molecule has 0 bridgehead atoms. The molecule has 4 unspecified atom stereocenters. The molecule has 0 saturated carbocycles. The molecule has 16 nitrogen and oxygen atoms in total. The van der Waals surface area contributed by atoms with Crippen molar-refractivity contribution in [2.24, 2.45) is 22.2 Å². The number of carboxylic acids is 2. The van der Waals surface area contributed by atoms with Crippen LogP contribution in [-0.4, -0.2) is 92.3 Å². The van der Waals surface area contributed by atoms with Crippen LogP contribution in [0, 0.1) is 0 Å². The summed E-state index contributed by atoms with van der Waals surface area (Å²) in [6.07, 6.45) is 2.40. The predicted molar refractivity (Wildman–Crippen MR) is 130 cm³/mol. The lowest BCUT2D eigenvalue weighted by molar-refractivity contribution is -0.143. The SMILES string of the molecule is NC(N)=NCCCC(NC(=O)C(N)Cc1cnc[nH]1)C(=O)NC(CC(=O)O)C(=O)NC(CS)C(=O)O. The molecule has 0 aliphatic rings. The van der Waals surface area contributed by atoms with E-state index in [-0.39, 0.29) is 37.5 Å². The van der Waals surface area contributed by atoms with Crippen LogP contribution in [-0.2, 0) is 30.4 Å². The molecule has 1 aromatic heterocycles. The smallest absolute Gasteiger partial charge is 0.327 e. The van der Waals surface area contributed by atoms with Gasteiger partial charge in [-0.2, -0.15) is 12.6 Å². The van der Waals surface area contributed by atoms with Gasteiger partial charge >= 0.3 is 11.9 Å². The first-order chi connectivity index (χ1) is 16.9. The van der Waals surface area contributed by atoms with Crippen molar-refractivity contribution in [3.63, 3.8) is 0 Å². The van der Waals surface area contributed by atoms with Crippen LogP contribution >= 0.6 is 12.6 Å². The van der Waals surface area contributed by atoms with Gasteiger partial charge < -0.3 is 48.3 Å². The summed E-state index contributed by atoms with van der Waals surface area (Å²) in [7, 11) is 0. The summed E-state index contributed by atoms with van der Waals surface area (Å²) in [4.78, 5) is 70.9. The van der Waals surface area contributed by atoms with Crippen LogP contribution in [0.3, 0.4) is 0 Å². The number of aliphatic carboxylic acids is 2. The summed E-state index contributed by atoms with van der Waals surface area (Å²) in [5, 5.41) is 25.1. The molecule has 12 N–H and O–H groups in total. The highest BCUT2D eigenvalue weighted by atomic mass is 32.1. The van der Waals surface area contributed by atoms with Gasteiger partial charge in [0, 0.05) is 30.6 Å². The van der Waals surface area contributed by atoms with Crippen LogP contribution < -0.4 is 33.2 Å². The number of carbonyl (C=O) groups is 5. The van der Waals surface area contributed by atoms with Crippen LogP contribution in [0.15, 0.2) is 17.5 Å². The van der Waals surface area contributed by atoms with Crippen LogP contribution in [0.25, 0.3) is 0 Å². The van der Waals surface area contributed by atoms with Crippen molar-refractivity contribution >= 4 is 48.2 Å². The fraction of sp³-hybridized carbons (Fsp3) is 0.526. The van der Waals surface area contributed by atoms with Gasteiger partial charge in [0.15, 0.2) is 5.96 Å². The van der Waals surface area contributed by atoms with Crippen molar-refractivity contribution in [1.82, 2.24) is 25.9 Å². The van der Waals surface area contributed by atoms with E-state index in [0.717, 1.165) is 0 Å². The Morgan fingerprint density at radius 1 is 1.03 bits per heavy atom. The van der Waals surface area contributed by atoms with E-state index in [0.29, 0.717) is 5.69 Å². The van der Waals surface area contributed by atoms with E-state index in [1.807, 2.05) is 0 Å². The lowest BCUT2D eigenvalue weighted by Gasteiger charge is -2.24. The Labute approximate surface area is 211 Å². The van der Waals surface area contributed by atoms with Crippen LogP contribution in [0.2, 0.25) is 0 Å². The number of H-pyrrole nitrogens is 1. The summed E-state index contributed by atoms with van der Waals surface area (Å²) >= 11 is 3.83. The number of thiol groups is 1. The Morgan fingerprint density at radius 2 is 1.64 bits per heavy atom. The number of hydrogen-bond acceptors (Lipinski definition) is 9. The Morgan fingerprint density at radius 3 is 2.17 bits per heavy atom. The molecular formula is C19H31N9O7S. The number of amides is 3. The Kier molecular flexibility index (Phi) is 12.7. The first kappa shape index (κ1) is 30.2. The molecule has 0 aromatic carbocycles. The second-order valence-corrected chi connectivity index (χ2v) is 8.00. The monoisotopic (exact) mass is 529 g/mol. The molecule has 17 heteroatoms. The number of hydrogen-bond donors (Lipinski definition) is 10. The molecule has 1 rings (SSSR count). The number of nitrogens with one attached hydrogen (secondary N) is 4. The Balaban J connectivity index is 2.98. The first-order valence-corrected chi connectivity index (χ1v) is 11.3. The van der Waals surface area contributed by atoms with Crippen LogP contribution in [0.4, 0.5) is 0 Å². The quantitative estimate of drug-likeness (QED) is 0.0430. The van der Waals surface area contributed by atoms with Gasteiger partial charge in [0.25, 0.3) is 0 Å². The van der Waals surface area contributed by atoms with Crippen molar-refractivity contribution in [2.45, 2.75) is 49.9 Å². The summed E-state index contributed by atoms with van der Waals surface area (Å²) in [5.74, 6) is -5.89. The van der Waals surface area contributed by atoms with Crippen molar-refractivity contribution in [3.8, 4) is 0 Å². The van der Waals surface area contributed by atoms with E-state index in [1.54, 1.807) is 0 Å². The number of aromatic nitrogens is 2. The highest BCUT2D eigenvalue weighted by Gasteiger charge is 2.31. The highest BCUT2D eigenvalue weighted by Crippen LogP contribution is 2.04. The van der Waals surface area contributed by atoms with Gasteiger partial charge in [0.1, 0.15) is 18.1 Å². The third-order valence-corrected chi connectivity index (χ3v) is 5.08. The minimum Gasteiger partial charge on any atom is -0.481 e. The van der Waals surface area contributed by atoms with E-state index in [2.05, 4.69) is 43.5 Å². The molecule has 200 valence electrons. The third-order valence-electron chi connectivity index (χ3n) is 4.72. The Bertz CT molecular complexity index is 938. The molecular weight excluding hydrogens is 498 g/mol. The number of rotatable bonds is 16. The average molecular weight is 530 g/mol. The summed E-state index contributed by atoms with van der Waals surface area (Å²) < 4.78 is 0. The van der Waals surface area contributed by atoms with E-state index < -0.39 is 60.2 Å². The standard InChI is InChI=1S/C19H31N9O7S/c20-10(4-9-6-23-8-25-9)15(31)26-11(2-1-3-24-19(21)22)16(32)27-12(5-14(29)30)17(33)28-13(7-36)18(34)35/h6,8,10-13,36H,1-5,7,20H2,(H,23,25)(H,26,31)(H,27,32)(H,28,33)(H,29,30)(H,34,35)(H4,21,22,24).